The number of carbonyl (C=O) groups is 1. The summed E-state index contributed by atoms with van der Waals surface area (Å²) in [5, 5.41) is 10.3. The van der Waals surface area contributed by atoms with E-state index in [1.807, 2.05) is 42.5 Å². The number of hydrogen-bond donors (Lipinski definition) is 1. The van der Waals surface area contributed by atoms with Gasteiger partial charge in [-0.15, -0.1) is 0 Å². The minimum absolute atomic E-state index is 0.370. The van der Waals surface area contributed by atoms with E-state index >= 15 is 0 Å². The van der Waals surface area contributed by atoms with Crippen molar-refractivity contribution in [2.24, 2.45) is 0 Å². The van der Waals surface area contributed by atoms with Crippen molar-refractivity contribution in [2.45, 2.75) is 12.2 Å². The molecule has 1 heterocycles. The summed E-state index contributed by atoms with van der Waals surface area (Å²) in [6.07, 6.45) is -1.45. The van der Waals surface area contributed by atoms with Crippen LogP contribution in [0.1, 0.15) is 33.7 Å². The number of hydrogen-bond acceptors (Lipinski definition) is 3. The van der Waals surface area contributed by atoms with Gasteiger partial charge < -0.3 is 9.84 Å². The Bertz CT molecular complexity index is 577. The van der Waals surface area contributed by atoms with Crippen LogP contribution in [-0.4, -0.2) is 11.1 Å². The Hall–Kier alpha value is -2.13. The number of esters is 1. The smallest absolute Gasteiger partial charge is 0.339 e. The Morgan fingerprint density at radius 1 is 1.00 bits per heavy atom. The van der Waals surface area contributed by atoms with Gasteiger partial charge in [0.25, 0.3) is 0 Å². The van der Waals surface area contributed by atoms with Gasteiger partial charge in [0, 0.05) is 5.56 Å². The summed E-state index contributed by atoms with van der Waals surface area (Å²) < 4.78 is 5.26. The molecule has 0 amide bonds. The topological polar surface area (TPSA) is 46.5 Å². The monoisotopic (exact) mass is 240 g/mol. The maximum atomic E-state index is 11.7. The van der Waals surface area contributed by atoms with Gasteiger partial charge in [-0.3, -0.25) is 0 Å². The fourth-order valence-corrected chi connectivity index (χ4v) is 2.23. The molecule has 0 saturated heterocycles. The number of benzene rings is 2. The molecule has 2 unspecified atom stereocenters. The zero-order chi connectivity index (χ0) is 12.5. The molecule has 2 atom stereocenters. The number of fused-ring (bicyclic) bond motifs is 1. The van der Waals surface area contributed by atoms with E-state index in [0.717, 1.165) is 11.1 Å². The average molecular weight is 240 g/mol. The van der Waals surface area contributed by atoms with Crippen LogP contribution in [0.15, 0.2) is 54.6 Å². The molecule has 0 fully saturated rings. The second-order valence-electron chi connectivity index (χ2n) is 4.27. The van der Waals surface area contributed by atoms with Gasteiger partial charge in [-0.2, -0.15) is 0 Å². The predicted molar refractivity (Wildman–Crippen MR) is 66.0 cm³/mol. The van der Waals surface area contributed by atoms with Crippen molar-refractivity contribution in [2.75, 3.05) is 0 Å². The number of cyclic esters (lactones) is 1. The predicted octanol–water partition coefficient (Wildman–Crippen LogP) is 2.63. The summed E-state index contributed by atoms with van der Waals surface area (Å²) in [4.78, 5) is 11.7. The van der Waals surface area contributed by atoms with Crippen LogP contribution < -0.4 is 0 Å². The highest BCUT2D eigenvalue weighted by atomic mass is 16.6. The van der Waals surface area contributed by atoms with Gasteiger partial charge in [0.15, 0.2) is 6.10 Å². The molecular weight excluding hydrogens is 228 g/mol. The second-order valence-corrected chi connectivity index (χ2v) is 4.27. The average Bonchev–Trinajstić information content (AvgIpc) is 2.77. The fourth-order valence-electron chi connectivity index (χ4n) is 2.23. The highest BCUT2D eigenvalue weighted by Crippen LogP contribution is 2.39. The summed E-state index contributed by atoms with van der Waals surface area (Å²) in [5.41, 5.74) is 2.03. The van der Waals surface area contributed by atoms with Crippen molar-refractivity contribution in [3.8, 4) is 0 Å². The van der Waals surface area contributed by atoms with Crippen molar-refractivity contribution in [1.82, 2.24) is 0 Å². The summed E-state index contributed by atoms with van der Waals surface area (Å²) in [7, 11) is 0. The molecule has 18 heavy (non-hydrogen) atoms. The third-order valence-electron chi connectivity index (χ3n) is 3.15. The molecule has 0 aromatic heterocycles. The van der Waals surface area contributed by atoms with E-state index < -0.39 is 12.2 Å². The highest BCUT2D eigenvalue weighted by molar-refractivity contribution is 5.94. The van der Waals surface area contributed by atoms with Crippen LogP contribution in [0.3, 0.4) is 0 Å². The number of aliphatic hydroxyl groups is 1. The lowest BCUT2D eigenvalue weighted by Crippen LogP contribution is -2.10. The van der Waals surface area contributed by atoms with Crippen LogP contribution >= 0.6 is 0 Å². The SMILES string of the molecule is O=C1OC(C(O)c2ccccc2)c2ccccc21. The lowest BCUT2D eigenvalue weighted by atomic mass is 9.97. The van der Waals surface area contributed by atoms with Crippen molar-refractivity contribution < 1.29 is 14.6 Å². The first-order valence-corrected chi connectivity index (χ1v) is 5.80. The van der Waals surface area contributed by atoms with Crippen LogP contribution in [0.4, 0.5) is 0 Å². The van der Waals surface area contributed by atoms with Gasteiger partial charge in [-0.25, -0.2) is 4.79 Å². The maximum absolute atomic E-state index is 11.7. The van der Waals surface area contributed by atoms with Crippen LogP contribution in [0.5, 0.6) is 0 Å². The van der Waals surface area contributed by atoms with Crippen molar-refractivity contribution in [1.29, 1.82) is 0 Å². The van der Waals surface area contributed by atoms with E-state index in [2.05, 4.69) is 0 Å². The van der Waals surface area contributed by atoms with Crippen LogP contribution in [-0.2, 0) is 4.74 Å². The molecule has 3 heteroatoms. The molecular formula is C15H12O3. The highest BCUT2D eigenvalue weighted by Gasteiger charge is 2.36. The third-order valence-corrected chi connectivity index (χ3v) is 3.15. The number of carbonyl (C=O) groups excluding carboxylic acids is 1. The standard InChI is InChI=1S/C15H12O3/c16-13(10-6-2-1-3-7-10)14-11-8-4-5-9-12(11)15(17)18-14/h1-9,13-14,16H. The van der Waals surface area contributed by atoms with Crippen LogP contribution in [0.25, 0.3) is 0 Å². The van der Waals surface area contributed by atoms with Gasteiger partial charge in [-0.05, 0) is 11.6 Å². The van der Waals surface area contributed by atoms with Gasteiger partial charge in [0.05, 0.1) is 5.56 Å². The first kappa shape index (κ1) is 11.0. The minimum Gasteiger partial charge on any atom is -0.451 e. The van der Waals surface area contributed by atoms with Crippen molar-refractivity contribution in [3.63, 3.8) is 0 Å². The summed E-state index contributed by atoms with van der Waals surface area (Å²) in [6.45, 7) is 0. The Morgan fingerprint density at radius 3 is 2.44 bits per heavy atom. The van der Waals surface area contributed by atoms with E-state index in [1.165, 1.54) is 0 Å². The van der Waals surface area contributed by atoms with Gasteiger partial charge >= 0.3 is 5.97 Å². The molecule has 1 N–H and O–H groups in total. The summed E-state index contributed by atoms with van der Waals surface area (Å²) in [6, 6.07) is 16.4. The van der Waals surface area contributed by atoms with Crippen LogP contribution in [0.2, 0.25) is 0 Å². The van der Waals surface area contributed by atoms with E-state index in [0.29, 0.717) is 5.56 Å². The van der Waals surface area contributed by atoms with E-state index in [-0.39, 0.29) is 5.97 Å². The zero-order valence-electron chi connectivity index (χ0n) is 9.61. The van der Waals surface area contributed by atoms with Crippen molar-refractivity contribution in [3.05, 3.63) is 71.3 Å². The van der Waals surface area contributed by atoms with E-state index in [9.17, 15) is 9.90 Å². The maximum Gasteiger partial charge on any atom is 0.339 e. The Kier molecular flexibility index (Phi) is 2.61. The normalized spacial score (nSPS) is 19.2. The quantitative estimate of drug-likeness (QED) is 0.821. The Morgan fingerprint density at radius 2 is 1.67 bits per heavy atom. The largest absolute Gasteiger partial charge is 0.451 e. The number of rotatable bonds is 2. The first-order chi connectivity index (χ1) is 8.77. The molecule has 0 radical (unpaired) electrons. The number of ether oxygens (including phenoxy) is 1. The lowest BCUT2D eigenvalue weighted by molar-refractivity contribution is -0.0102. The van der Waals surface area contributed by atoms with Crippen LogP contribution in [0, 0.1) is 0 Å². The minimum atomic E-state index is -0.834. The molecule has 0 spiro atoms. The molecule has 0 saturated carbocycles. The molecule has 90 valence electrons. The molecule has 0 bridgehead atoms. The first-order valence-electron chi connectivity index (χ1n) is 5.80. The Balaban J connectivity index is 1.98. The summed E-state index contributed by atoms with van der Waals surface area (Å²) in [5.74, 6) is -0.370. The summed E-state index contributed by atoms with van der Waals surface area (Å²) >= 11 is 0. The third kappa shape index (κ3) is 1.69. The molecule has 1 aliphatic rings. The molecule has 2 aromatic carbocycles. The molecule has 2 aromatic rings. The molecule has 3 rings (SSSR count). The molecule has 1 aliphatic heterocycles. The fraction of sp³-hybridized carbons (Fsp3) is 0.133. The number of aliphatic hydroxyl groups excluding tert-OH is 1. The van der Waals surface area contributed by atoms with Gasteiger partial charge in [0.2, 0.25) is 0 Å². The Labute approximate surface area is 105 Å². The van der Waals surface area contributed by atoms with Crippen molar-refractivity contribution >= 4 is 5.97 Å². The molecule has 0 aliphatic carbocycles. The lowest BCUT2D eigenvalue weighted by Gasteiger charge is -2.18. The second kappa shape index (κ2) is 4.27. The molecule has 3 nitrogen and oxygen atoms in total. The van der Waals surface area contributed by atoms with E-state index in [1.54, 1.807) is 12.1 Å². The van der Waals surface area contributed by atoms with Gasteiger partial charge in [0.1, 0.15) is 6.10 Å². The zero-order valence-corrected chi connectivity index (χ0v) is 9.61. The van der Waals surface area contributed by atoms with E-state index in [4.69, 9.17) is 4.74 Å². The van der Waals surface area contributed by atoms with Gasteiger partial charge in [-0.1, -0.05) is 48.5 Å².